The van der Waals surface area contributed by atoms with Gasteiger partial charge in [-0.25, -0.2) is 0 Å². The third-order valence-electron chi connectivity index (χ3n) is 2.42. The highest BCUT2D eigenvalue weighted by Crippen LogP contribution is 2.33. The Morgan fingerprint density at radius 3 is 2.44 bits per heavy atom. The number of halogens is 3. The molecule has 0 aliphatic rings. The zero-order chi connectivity index (χ0) is 12.3. The fourth-order valence-corrected chi connectivity index (χ4v) is 1.40. The maximum absolute atomic E-state index is 12.7. The summed E-state index contributed by atoms with van der Waals surface area (Å²) in [5, 5.41) is 0. The van der Waals surface area contributed by atoms with Gasteiger partial charge in [0.15, 0.2) is 0 Å². The molecule has 0 heterocycles. The number of rotatable bonds is 3. The van der Waals surface area contributed by atoms with Gasteiger partial charge in [0.05, 0.1) is 5.56 Å². The van der Waals surface area contributed by atoms with Crippen LogP contribution in [0.3, 0.4) is 0 Å². The Kier molecular flexibility index (Phi) is 3.80. The van der Waals surface area contributed by atoms with Crippen LogP contribution in [0.2, 0.25) is 0 Å². The van der Waals surface area contributed by atoms with Gasteiger partial charge in [-0.2, -0.15) is 13.2 Å². The van der Waals surface area contributed by atoms with Gasteiger partial charge >= 0.3 is 6.18 Å². The maximum Gasteiger partial charge on any atom is 0.416 e. The molecule has 1 aromatic carbocycles. The Morgan fingerprint density at radius 2 is 1.94 bits per heavy atom. The second kappa shape index (κ2) is 4.74. The fourth-order valence-electron chi connectivity index (χ4n) is 1.40. The number of alkyl halides is 3. The number of hydrogen-bond acceptors (Lipinski definition) is 2. The van der Waals surface area contributed by atoms with Crippen LogP contribution in [0, 0.1) is 0 Å². The molecule has 0 unspecified atom stereocenters. The first-order valence-electron chi connectivity index (χ1n) is 4.98. The number of nitrogens with two attached hydrogens (primary N) is 1. The van der Waals surface area contributed by atoms with Crippen LogP contribution in [-0.4, -0.2) is 18.5 Å². The van der Waals surface area contributed by atoms with E-state index in [2.05, 4.69) is 0 Å². The largest absolute Gasteiger partial charge is 0.416 e. The lowest BCUT2D eigenvalue weighted by Gasteiger charge is -2.18. The molecule has 0 spiro atoms. The minimum absolute atomic E-state index is 0.134. The number of benzene rings is 1. The van der Waals surface area contributed by atoms with Crippen LogP contribution in [0.4, 0.5) is 18.9 Å². The molecular weight excluding hydrogens is 217 g/mol. The van der Waals surface area contributed by atoms with E-state index >= 15 is 0 Å². The molecule has 0 radical (unpaired) electrons. The quantitative estimate of drug-likeness (QED) is 0.812. The molecular formula is C11H15F3N2. The first-order chi connectivity index (χ1) is 7.34. The Balaban J connectivity index is 3.08. The van der Waals surface area contributed by atoms with E-state index in [-0.39, 0.29) is 17.8 Å². The molecule has 0 saturated carbocycles. The molecule has 0 fully saturated rings. The Morgan fingerprint density at radius 1 is 1.31 bits per heavy atom. The number of nitrogen functional groups attached to an aromatic ring is 1. The average Bonchev–Trinajstić information content (AvgIpc) is 2.19. The molecule has 16 heavy (non-hydrogen) atoms. The Bertz CT molecular complexity index is 361. The van der Waals surface area contributed by atoms with Crippen molar-refractivity contribution in [3.05, 3.63) is 29.3 Å². The highest BCUT2D eigenvalue weighted by Gasteiger charge is 2.33. The van der Waals surface area contributed by atoms with E-state index in [1.807, 2.05) is 6.92 Å². The molecule has 1 rings (SSSR count). The number of nitrogens with zero attached hydrogens (tertiary/aromatic N) is 1. The summed E-state index contributed by atoms with van der Waals surface area (Å²) in [5.74, 6) is 0. The van der Waals surface area contributed by atoms with Crippen LogP contribution in [0.5, 0.6) is 0 Å². The molecule has 90 valence electrons. The lowest BCUT2D eigenvalue weighted by molar-refractivity contribution is -0.138. The summed E-state index contributed by atoms with van der Waals surface area (Å²) < 4.78 is 38.1. The lowest BCUT2D eigenvalue weighted by atomic mass is 10.1. The van der Waals surface area contributed by atoms with E-state index < -0.39 is 11.7 Å². The highest BCUT2D eigenvalue weighted by atomic mass is 19.4. The van der Waals surface area contributed by atoms with Crippen LogP contribution in [0.25, 0.3) is 0 Å². The van der Waals surface area contributed by atoms with Crippen molar-refractivity contribution < 1.29 is 13.2 Å². The molecule has 0 atom stereocenters. The highest BCUT2D eigenvalue weighted by molar-refractivity contribution is 5.45. The van der Waals surface area contributed by atoms with Crippen molar-refractivity contribution in [1.82, 2.24) is 4.90 Å². The molecule has 2 N–H and O–H groups in total. The van der Waals surface area contributed by atoms with Gasteiger partial charge in [0.25, 0.3) is 0 Å². The zero-order valence-corrected chi connectivity index (χ0v) is 9.30. The molecule has 0 aliphatic carbocycles. The third kappa shape index (κ3) is 3.13. The van der Waals surface area contributed by atoms with E-state index in [1.54, 1.807) is 11.9 Å². The van der Waals surface area contributed by atoms with Gasteiger partial charge in [-0.3, -0.25) is 0 Å². The van der Waals surface area contributed by atoms with Gasteiger partial charge in [0, 0.05) is 12.2 Å². The first-order valence-corrected chi connectivity index (χ1v) is 4.98. The van der Waals surface area contributed by atoms with Gasteiger partial charge in [0.2, 0.25) is 0 Å². The van der Waals surface area contributed by atoms with Crippen molar-refractivity contribution in [2.24, 2.45) is 0 Å². The van der Waals surface area contributed by atoms with Gasteiger partial charge in [-0.1, -0.05) is 13.0 Å². The Labute approximate surface area is 92.9 Å². The van der Waals surface area contributed by atoms with Crippen molar-refractivity contribution in [2.45, 2.75) is 19.6 Å². The molecule has 1 aromatic rings. The average molecular weight is 232 g/mol. The van der Waals surface area contributed by atoms with Crippen LogP contribution in [0.15, 0.2) is 18.2 Å². The fraction of sp³-hybridized carbons (Fsp3) is 0.455. The van der Waals surface area contributed by atoms with Crippen molar-refractivity contribution >= 4 is 5.69 Å². The molecule has 0 amide bonds. The molecule has 2 nitrogen and oxygen atoms in total. The second-order valence-electron chi connectivity index (χ2n) is 3.74. The SMILES string of the molecule is CCN(C)Cc1ccc(N)cc1C(F)(F)F. The predicted molar refractivity (Wildman–Crippen MR) is 57.9 cm³/mol. The smallest absolute Gasteiger partial charge is 0.399 e. The zero-order valence-electron chi connectivity index (χ0n) is 9.30. The number of anilines is 1. The van der Waals surface area contributed by atoms with Crippen LogP contribution in [-0.2, 0) is 12.7 Å². The molecule has 0 aromatic heterocycles. The predicted octanol–water partition coefficient (Wildman–Crippen LogP) is 2.74. The van der Waals surface area contributed by atoms with E-state index in [1.165, 1.54) is 12.1 Å². The molecule has 0 saturated heterocycles. The second-order valence-corrected chi connectivity index (χ2v) is 3.74. The molecule has 5 heteroatoms. The maximum atomic E-state index is 12.7. The first kappa shape index (κ1) is 12.8. The molecule has 0 bridgehead atoms. The van der Waals surface area contributed by atoms with Gasteiger partial charge in [0.1, 0.15) is 0 Å². The van der Waals surface area contributed by atoms with Crippen LogP contribution < -0.4 is 5.73 Å². The van der Waals surface area contributed by atoms with E-state index in [9.17, 15) is 13.2 Å². The summed E-state index contributed by atoms with van der Waals surface area (Å²) in [4.78, 5) is 1.81. The number of hydrogen-bond donors (Lipinski definition) is 1. The van der Waals surface area contributed by atoms with Crippen LogP contribution >= 0.6 is 0 Å². The minimum atomic E-state index is -4.35. The summed E-state index contributed by atoms with van der Waals surface area (Å²) in [6.07, 6.45) is -4.35. The van der Waals surface area contributed by atoms with Crippen molar-refractivity contribution in [3.63, 3.8) is 0 Å². The van der Waals surface area contributed by atoms with E-state index in [0.29, 0.717) is 6.54 Å². The normalized spacial score (nSPS) is 12.1. The van der Waals surface area contributed by atoms with Gasteiger partial charge in [-0.05, 0) is 31.3 Å². The third-order valence-corrected chi connectivity index (χ3v) is 2.42. The standard InChI is InChI=1S/C11H15F3N2/c1-3-16(2)7-8-4-5-9(15)6-10(8)11(12,13)14/h4-6H,3,7,15H2,1-2H3. The minimum Gasteiger partial charge on any atom is -0.399 e. The topological polar surface area (TPSA) is 29.3 Å². The summed E-state index contributed by atoms with van der Waals surface area (Å²) in [6.45, 7) is 2.86. The van der Waals surface area contributed by atoms with Gasteiger partial charge in [-0.15, -0.1) is 0 Å². The monoisotopic (exact) mass is 232 g/mol. The summed E-state index contributed by atoms with van der Waals surface area (Å²) in [6, 6.07) is 3.91. The van der Waals surface area contributed by atoms with Gasteiger partial charge < -0.3 is 10.6 Å². The van der Waals surface area contributed by atoms with E-state index in [0.717, 1.165) is 6.07 Å². The lowest BCUT2D eigenvalue weighted by Crippen LogP contribution is -2.20. The van der Waals surface area contributed by atoms with E-state index in [4.69, 9.17) is 5.73 Å². The Hall–Kier alpha value is -1.23. The van der Waals surface area contributed by atoms with Crippen LogP contribution in [0.1, 0.15) is 18.1 Å². The summed E-state index contributed by atoms with van der Waals surface area (Å²) >= 11 is 0. The van der Waals surface area contributed by atoms with Crippen molar-refractivity contribution in [3.8, 4) is 0 Å². The molecule has 0 aliphatic heterocycles. The summed E-state index contributed by atoms with van der Waals surface area (Å²) in [5.41, 5.74) is 5.12. The van der Waals surface area contributed by atoms with Crippen molar-refractivity contribution in [2.75, 3.05) is 19.3 Å². The summed E-state index contributed by atoms with van der Waals surface area (Å²) in [7, 11) is 1.77. The van der Waals surface area contributed by atoms with Crippen molar-refractivity contribution in [1.29, 1.82) is 0 Å².